The summed E-state index contributed by atoms with van der Waals surface area (Å²) in [6.45, 7) is 9.67. The van der Waals surface area contributed by atoms with Crippen LogP contribution in [-0.2, 0) is 4.79 Å². The molecule has 0 spiro atoms. The van der Waals surface area contributed by atoms with Crippen molar-refractivity contribution in [3.63, 3.8) is 0 Å². The van der Waals surface area contributed by atoms with Crippen molar-refractivity contribution in [3.8, 4) is 0 Å². The predicted octanol–water partition coefficient (Wildman–Crippen LogP) is 5.94. The van der Waals surface area contributed by atoms with Crippen LogP contribution in [0, 0.1) is 37.8 Å². The summed E-state index contributed by atoms with van der Waals surface area (Å²) < 4.78 is 0. The maximum atomic E-state index is 12.9. The normalized spacial score (nSPS) is 11.4. The first-order valence-electron chi connectivity index (χ1n) is 12.3. The molecule has 11 nitrogen and oxygen atoms in total. The molecule has 1 heterocycles. The minimum atomic E-state index is -0.769. The summed E-state index contributed by atoms with van der Waals surface area (Å²) in [6, 6.07) is 17.0. The van der Waals surface area contributed by atoms with Gasteiger partial charge in [0.25, 0.3) is 5.69 Å². The Morgan fingerprint density at radius 3 is 1.85 bits per heavy atom. The maximum absolute atomic E-state index is 12.9. The van der Waals surface area contributed by atoms with Crippen LogP contribution < -0.4 is 21.3 Å². The van der Waals surface area contributed by atoms with Crippen LogP contribution in [0.3, 0.4) is 0 Å². The number of rotatable bonds is 9. The molecule has 0 saturated carbocycles. The van der Waals surface area contributed by atoms with Crippen LogP contribution in [0.2, 0.25) is 0 Å². The highest BCUT2D eigenvalue weighted by Gasteiger charge is 2.18. The first-order valence-corrected chi connectivity index (χ1v) is 12.3. The van der Waals surface area contributed by atoms with E-state index in [0.29, 0.717) is 5.69 Å². The molecule has 0 unspecified atom stereocenters. The van der Waals surface area contributed by atoms with E-state index in [1.165, 1.54) is 18.2 Å². The molecule has 1 amide bonds. The van der Waals surface area contributed by atoms with Crippen molar-refractivity contribution in [1.82, 2.24) is 15.0 Å². The van der Waals surface area contributed by atoms with Crippen LogP contribution in [0.5, 0.6) is 0 Å². The summed E-state index contributed by atoms with van der Waals surface area (Å²) in [5.74, 6) is 0.339. The number of nitro groups is 1. The number of carbonyl (C=O) groups is 1. The number of nitrogens with one attached hydrogen (secondary N) is 4. The van der Waals surface area contributed by atoms with Crippen LogP contribution in [0.1, 0.15) is 29.2 Å². The third-order valence-corrected chi connectivity index (χ3v) is 5.96. The monoisotopic (exact) mass is 526 g/mol. The molecular weight excluding hydrogens is 496 g/mol. The molecule has 1 atom stereocenters. The third-order valence-electron chi connectivity index (χ3n) is 5.96. The van der Waals surface area contributed by atoms with Crippen molar-refractivity contribution in [2.75, 3.05) is 21.3 Å². The molecule has 3 aromatic carbocycles. The summed E-state index contributed by atoms with van der Waals surface area (Å²) in [6.07, 6.45) is 0. The Balaban J connectivity index is 1.59. The molecule has 0 fully saturated rings. The average molecular weight is 527 g/mol. The van der Waals surface area contributed by atoms with Crippen LogP contribution in [0.15, 0.2) is 60.7 Å². The number of nitro benzene ring substituents is 1. The van der Waals surface area contributed by atoms with Crippen molar-refractivity contribution in [2.45, 2.75) is 40.7 Å². The zero-order valence-electron chi connectivity index (χ0n) is 22.4. The Kier molecular flexibility index (Phi) is 7.99. The molecule has 0 radical (unpaired) electrons. The number of anilines is 6. The molecule has 11 heteroatoms. The third kappa shape index (κ3) is 7.04. The molecule has 4 N–H and O–H groups in total. The topological polar surface area (TPSA) is 147 Å². The van der Waals surface area contributed by atoms with Gasteiger partial charge in [0.2, 0.25) is 23.8 Å². The summed E-state index contributed by atoms with van der Waals surface area (Å²) >= 11 is 0. The van der Waals surface area contributed by atoms with E-state index in [-0.39, 0.29) is 23.5 Å². The number of amides is 1. The van der Waals surface area contributed by atoms with Crippen LogP contribution in [0.4, 0.5) is 40.6 Å². The summed E-state index contributed by atoms with van der Waals surface area (Å²) in [4.78, 5) is 36.9. The fourth-order valence-electron chi connectivity index (χ4n) is 3.91. The van der Waals surface area contributed by atoms with Gasteiger partial charge in [0, 0.05) is 29.2 Å². The molecule has 0 aliphatic heterocycles. The first-order chi connectivity index (χ1) is 18.6. The molecule has 0 bridgehead atoms. The number of hydrogen-bond acceptors (Lipinski definition) is 9. The summed E-state index contributed by atoms with van der Waals surface area (Å²) in [7, 11) is 0. The first kappa shape index (κ1) is 27.0. The van der Waals surface area contributed by atoms with E-state index in [9.17, 15) is 14.9 Å². The van der Waals surface area contributed by atoms with Gasteiger partial charge in [0.1, 0.15) is 6.04 Å². The highest BCUT2D eigenvalue weighted by atomic mass is 16.6. The SMILES string of the molecule is Cc1ccc(Nc2nc(Nc3ccc(C)cc3C)nc(N[C@@H](C)C(=O)Nc3cccc([N+](=O)[O-])c3)n2)c(C)c1. The minimum absolute atomic E-state index is 0.116. The van der Waals surface area contributed by atoms with E-state index in [0.717, 1.165) is 33.6 Å². The second kappa shape index (κ2) is 11.5. The van der Waals surface area contributed by atoms with Gasteiger partial charge in [-0.15, -0.1) is 0 Å². The van der Waals surface area contributed by atoms with Gasteiger partial charge in [-0.25, -0.2) is 0 Å². The summed E-state index contributed by atoms with van der Waals surface area (Å²) in [5.41, 5.74) is 6.20. The van der Waals surface area contributed by atoms with Crippen LogP contribution in [0.25, 0.3) is 0 Å². The molecule has 0 aliphatic carbocycles. The number of carbonyl (C=O) groups excluding carboxylic acids is 1. The molecule has 200 valence electrons. The minimum Gasteiger partial charge on any atom is -0.342 e. The van der Waals surface area contributed by atoms with Gasteiger partial charge in [0.05, 0.1) is 4.92 Å². The van der Waals surface area contributed by atoms with Gasteiger partial charge < -0.3 is 21.3 Å². The number of aromatic nitrogens is 3. The second-order valence-electron chi connectivity index (χ2n) is 9.36. The van der Waals surface area contributed by atoms with Gasteiger partial charge in [0.15, 0.2) is 0 Å². The molecule has 0 aliphatic rings. The zero-order valence-corrected chi connectivity index (χ0v) is 22.4. The summed E-state index contributed by atoms with van der Waals surface area (Å²) in [5, 5.41) is 23.2. The van der Waals surface area contributed by atoms with Crippen molar-refractivity contribution < 1.29 is 9.72 Å². The highest BCUT2D eigenvalue weighted by Crippen LogP contribution is 2.24. The van der Waals surface area contributed by atoms with Crippen molar-refractivity contribution >= 4 is 46.5 Å². The number of benzene rings is 3. The Bertz CT molecular complexity index is 1470. The van der Waals surface area contributed by atoms with Crippen molar-refractivity contribution in [1.29, 1.82) is 0 Å². The van der Waals surface area contributed by atoms with E-state index in [2.05, 4.69) is 48.4 Å². The van der Waals surface area contributed by atoms with Gasteiger partial charge in [-0.1, -0.05) is 41.5 Å². The molecule has 1 aromatic heterocycles. The Morgan fingerprint density at radius 1 is 0.795 bits per heavy atom. The number of nitrogens with zero attached hydrogens (tertiary/aromatic N) is 4. The Hall–Kier alpha value is -5.06. The van der Waals surface area contributed by atoms with E-state index < -0.39 is 16.9 Å². The van der Waals surface area contributed by atoms with Gasteiger partial charge in [-0.2, -0.15) is 15.0 Å². The van der Waals surface area contributed by atoms with Crippen LogP contribution >= 0.6 is 0 Å². The Labute approximate surface area is 226 Å². The lowest BCUT2D eigenvalue weighted by molar-refractivity contribution is -0.384. The van der Waals surface area contributed by atoms with Gasteiger partial charge in [-0.05, 0) is 63.9 Å². The zero-order chi connectivity index (χ0) is 28.1. The largest absolute Gasteiger partial charge is 0.342 e. The van der Waals surface area contributed by atoms with Gasteiger partial charge in [-0.3, -0.25) is 14.9 Å². The molecule has 39 heavy (non-hydrogen) atoms. The van der Waals surface area contributed by atoms with Crippen LogP contribution in [-0.4, -0.2) is 31.8 Å². The lowest BCUT2D eigenvalue weighted by atomic mass is 10.1. The number of aryl methyl sites for hydroxylation is 4. The Morgan fingerprint density at radius 2 is 1.33 bits per heavy atom. The molecular formula is C28H30N8O3. The fourth-order valence-corrected chi connectivity index (χ4v) is 3.91. The predicted molar refractivity (Wildman–Crippen MR) is 153 cm³/mol. The molecule has 4 aromatic rings. The smallest absolute Gasteiger partial charge is 0.271 e. The number of hydrogen-bond donors (Lipinski definition) is 4. The van der Waals surface area contributed by atoms with Gasteiger partial charge >= 0.3 is 0 Å². The number of non-ortho nitro benzene ring substituents is 1. The van der Waals surface area contributed by atoms with Crippen molar-refractivity contribution in [3.05, 3.63) is 93.0 Å². The van der Waals surface area contributed by atoms with Crippen molar-refractivity contribution in [2.24, 2.45) is 0 Å². The van der Waals surface area contributed by atoms with E-state index >= 15 is 0 Å². The van der Waals surface area contributed by atoms with E-state index in [4.69, 9.17) is 0 Å². The molecule has 4 rings (SSSR count). The van der Waals surface area contributed by atoms with E-state index in [1.54, 1.807) is 13.0 Å². The average Bonchev–Trinajstić information content (AvgIpc) is 2.87. The molecule has 0 saturated heterocycles. The lowest BCUT2D eigenvalue weighted by Gasteiger charge is -2.17. The fraction of sp³-hybridized carbons (Fsp3) is 0.214. The highest BCUT2D eigenvalue weighted by molar-refractivity contribution is 5.96. The maximum Gasteiger partial charge on any atom is 0.271 e. The lowest BCUT2D eigenvalue weighted by Crippen LogP contribution is -2.32. The standard InChI is InChI=1S/C28H30N8O3/c1-16-9-11-23(18(3)13-16)31-27-33-26(34-28(35-27)32-24-12-10-17(2)14-19(24)4)29-20(5)25(37)30-21-7-6-8-22(15-21)36(38)39/h6-15,20H,1-5H3,(H,30,37)(H3,29,31,32,33,34,35)/t20-/m0/s1. The quantitative estimate of drug-likeness (QED) is 0.154. The van der Waals surface area contributed by atoms with E-state index in [1.807, 2.05) is 52.0 Å². The second-order valence-corrected chi connectivity index (χ2v) is 9.36.